The molecule has 1 aliphatic heterocycles. The van der Waals surface area contributed by atoms with E-state index in [0.717, 1.165) is 32.4 Å². The Morgan fingerprint density at radius 2 is 2.37 bits per heavy atom. The first-order valence-corrected chi connectivity index (χ1v) is 7.17. The van der Waals surface area contributed by atoms with Gasteiger partial charge in [-0.1, -0.05) is 11.6 Å². The van der Waals surface area contributed by atoms with Crippen LogP contribution in [0.1, 0.15) is 36.2 Å². The molecule has 1 aromatic heterocycles. The predicted octanol–water partition coefficient (Wildman–Crippen LogP) is 2.34. The Hall–Kier alpha value is -1.13. The van der Waals surface area contributed by atoms with Crippen LogP contribution in [0.4, 0.5) is 0 Å². The molecule has 1 N–H and O–H groups in total. The summed E-state index contributed by atoms with van der Waals surface area (Å²) in [6, 6.07) is 3.74. The highest BCUT2D eigenvalue weighted by Gasteiger charge is 2.27. The summed E-state index contributed by atoms with van der Waals surface area (Å²) in [7, 11) is 1.94. The molecule has 1 unspecified atom stereocenters. The van der Waals surface area contributed by atoms with Crippen molar-refractivity contribution < 1.29 is 4.79 Å². The Labute approximate surface area is 119 Å². The first kappa shape index (κ1) is 14.3. The first-order chi connectivity index (χ1) is 9.22. The van der Waals surface area contributed by atoms with Gasteiger partial charge in [0.1, 0.15) is 5.69 Å². The maximum atomic E-state index is 12.5. The molecule has 1 aromatic rings. The van der Waals surface area contributed by atoms with Gasteiger partial charge in [-0.3, -0.25) is 4.79 Å². The summed E-state index contributed by atoms with van der Waals surface area (Å²) >= 11 is 5.80. The zero-order valence-corrected chi connectivity index (χ0v) is 12.0. The number of rotatable bonds is 4. The molecule has 0 aliphatic carbocycles. The molecule has 1 amide bonds. The lowest BCUT2D eigenvalue weighted by Gasteiger charge is -2.35. The Kier molecular flexibility index (Phi) is 5.16. The monoisotopic (exact) mass is 281 g/mol. The van der Waals surface area contributed by atoms with Crippen molar-refractivity contribution >= 4 is 17.5 Å². The van der Waals surface area contributed by atoms with E-state index in [4.69, 9.17) is 11.6 Å². The van der Waals surface area contributed by atoms with Crippen molar-refractivity contribution in [2.24, 2.45) is 0 Å². The average molecular weight is 282 g/mol. The molecule has 0 radical (unpaired) electrons. The van der Waals surface area contributed by atoms with Crippen LogP contribution in [0.3, 0.4) is 0 Å². The molecule has 104 valence electrons. The second-order valence-electron chi connectivity index (χ2n) is 4.90. The predicted molar refractivity (Wildman–Crippen MR) is 76.5 cm³/mol. The van der Waals surface area contributed by atoms with Gasteiger partial charge in [0, 0.05) is 18.8 Å². The van der Waals surface area contributed by atoms with Gasteiger partial charge in [0.2, 0.25) is 0 Å². The van der Waals surface area contributed by atoms with Gasteiger partial charge in [-0.2, -0.15) is 0 Å². The van der Waals surface area contributed by atoms with Gasteiger partial charge in [0.15, 0.2) is 0 Å². The summed E-state index contributed by atoms with van der Waals surface area (Å²) in [6.45, 7) is 1.76. The van der Waals surface area contributed by atoms with Gasteiger partial charge < -0.3 is 10.2 Å². The molecular weight excluding hydrogens is 262 g/mol. The number of nitrogens with zero attached hydrogens (tertiary/aromatic N) is 2. The fourth-order valence-corrected chi connectivity index (χ4v) is 2.64. The van der Waals surface area contributed by atoms with Crippen LogP contribution in [-0.2, 0) is 0 Å². The second-order valence-corrected chi connectivity index (χ2v) is 5.34. The number of nitrogens with one attached hydrogen (secondary N) is 1. The molecule has 1 atom stereocenters. The van der Waals surface area contributed by atoms with Gasteiger partial charge in [0.25, 0.3) is 5.91 Å². The van der Waals surface area contributed by atoms with E-state index in [1.165, 1.54) is 12.6 Å². The van der Waals surface area contributed by atoms with Crippen LogP contribution >= 0.6 is 11.6 Å². The van der Waals surface area contributed by atoms with Crippen LogP contribution in [0, 0.1) is 0 Å². The minimum absolute atomic E-state index is 0.0254. The standard InChI is InChI=1S/C14H20ClN3O/c1-16-8-7-12-4-2-3-9-18(12)14(19)13-6-5-11(15)10-17-13/h5-6,10,12,16H,2-4,7-9H2,1H3. The largest absolute Gasteiger partial charge is 0.334 e. The smallest absolute Gasteiger partial charge is 0.272 e. The second kappa shape index (κ2) is 6.87. The summed E-state index contributed by atoms with van der Waals surface area (Å²) in [6.07, 6.45) is 5.89. The summed E-state index contributed by atoms with van der Waals surface area (Å²) in [5.74, 6) is 0.0254. The molecule has 1 saturated heterocycles. The minimum Gasteiger partial charge on any atom is -0.334 e. The van der Waals surface area contributed by atoms with Crippen LogP contribution in [-0.4, -0.2) is 42.0 Å². The van der Waals surface area contributed by atoms with Crippen LogP contribution in [0.5, 0.6) is 0 Å². The van der Waals surface area contributed by atoms with Gasteiger partial charge in [-0.25, -0.2) is 4.98 Å². The highest BCUT2D eigenvalue weighted by molar-refractivity contribution is 6.30. The summed E-state index contributed by atoms with van der Waals surface area (Å²) < 4.78 is 0. The third-order valence-electron chi connectivity index (χ3n) is 3.56. The fraction of sp³-hybridized carbons (Fsp3) is 0.571. The molecule has 4 nitrogen and oxygen atoms in total. The topological polar surface area (TPSA) is 45.2 Å². The van der Waals surface area contributed by atoms with E-state index in [2.05, 4.69) is 10.3 Å². The number of likely N-dealkylation sites (tertiary alicyclic amines) is 1. The highest BCUT2D eigenvalue weighted by Crippen LogP contribution is 2.21. The minimum atomic E-state index is 0.0254. The molecule has 5 heteroatoms. The van der Waals surface area contributed by atoms with Gasteiger partial charge in [-0.15, -0.1) is 0 Å². The number of halogens is 1. The lowest BCUT2D eigenvalue weighted by molar-refractivity contribution is 0.0596. The van der Waals surface area contributed by atoms with Crippen LogP contribution < -0.4 is 5.32 Å². The van der Waals surface area contributed by atoms with Crippen molar-refractivity contribution in [3.05, 3.63) is 29.0 Å². The number of pyridine rings is 1. The van der Waals surface area contributed by atoms with E-state index in [1.54, 1.807) is 12.1 Å². The van der Waals surface area contributed by atoms with Crippen molar-refractivity contribution in [3.8, 4) is 0 Å². The van der Waals surface area contributed by atoms with Crippen LogP contribution in [0.2, 0.25) is 5.02 Å². The number of carbonyl (C=O) groups excluding carboxylic acids is 1. The Morgan fingerprint density at radius 3 is 3.05 bits per heavy atom. The molecule has 0 spiro atoms. The van der Waals surface area contributed by atoms with Crippen molar-refractivity contribution in [2.45, 2.75) is 31.7 Å². The maximum absolute atomic E-state index is 12.5. The quantitative estimate of drug-likeness (QED) is 0.921. The molecule has 0 bridgehead atoms. The zero-order valence-electron chi connectivity index (χ0n) is 11.2. The molecule has 19 heavy (non-hydrogen) atoms. The number of piperidine rings is 1. The number of amides is 1. The lowest BCUT2D eigenvalue weighted by atomic mass is 9.99. The highest BCUT2D eigenvalue weighted by atomic mass is 35.5. The normalized spacial score (nSPS) is 19.5. The Bertz CT molecular complexity index is 421. The van der Waals surface area contributed by atoms with Crippen LogP contribution in [0.25, 0.3) is 0 Å². The van der Waals surface area contributed by atoms with Gasteiger partial charge in [0.05, 0.1) is 5.02 Å². The van der Waals surface area contributed by atoms with Gasteiger partial charge >= 0.3 is 0 Å². The molecule has 1 fully saturated rings. The van der Waals surface area contributed by atoms with Crippen molar-refractivity contribution in [1.29, 1.82) is 0 Å². The molecular formula is C14H20ClN3O. The third kappa shape index (κ3) is 3.67. The van der Waals surface area contributed by atoms with E-state index in [1.807, 2.05) is 11.9 Å². The third-order valence-corrected chi connectivity index (χ3v) is 3.79. The van der Waals surface area contributed by atoms with Crippen molar-refractivity contribution in [2.75, 3.05) is 20.1 Å². The van der Waals surface area contributed by atoms with E-state index in [-0.39, 0.29) is 5.91 Å². The SMILES string of the molecule is CNCCC1CCCCN1C(=O)c1ccc(Cl)cn1. The first-order valence-electron chi connectivity index (χ1n) is 6.79. The number of aromatic nitrogens is 1. The number of carbonyl (C=O) groups is 1. The zero-order chi connectivity index (χ0) is 13.7. The molecule has 0 saturated carbocycles. The molecule has 2 heterocycles. The van der Waals surface area contributed by atoms with E-state index in [9.17, 15) is 4.79 Å². The summed E-state index contributed by atoms with van der Waals surface area (Å²) in [5, 5.41) is 3.71. The number of hydrogen-bond acceptors (Lipinski definition) is 3. The van der Waals surface area contributed by atoms with E-state index in [0.29, 0.717) is 16.8 Å². The molecule has 0 aromatic carbocycles. The average Bonchev–Trinajstić information content (AvgIpc) is 2.45. The van der Waals surface area contributed by atoms with Gasteiger partial charge in [-0.05, 0) is 51.4 Å². The van der Waals surface area contributed by atoms with E-state index >= 15 is 0 Å². The van der Waals surface area contributed by atoms with Crippen LogP contribution in [0.15, 0.2) is 18.3 Å². The molecule has 1 aliphatic rings. The number of hydrogen-bond donors (Lipinski definition) is 1. The summed E-state index contributed by atoms with van der Waals surface area (Å²) in [5.41, 5.74) is 0.487. The van der Waals surface area contributed by atoms with E-state index < -0.39 is 0 Å². The maximum Gasteiger partial charge on any atom is 0.272 e. The van der Waals surface area contributed by atoms with Crippen molar-refractivity contribution in [3.63, 3.8) is 0 Å². The fourth-order valence-electron chi connectivity index (χ4n) is 2.53. The summed E-state index contributed by atoms with van der Waals surface area (Å²) in [4.78, 5) is 18.6. The Balaban J connectivity index is 2.08. The Morgan fingerprint density at radius 1 is 1.53 bits per heavy atom. The lowest BCUT2D eigenvalue weighted by Crippen LogP contribution is -2.45. The van der Waals surface area contributed by atoms with Crippen molar-refractivity contribution in [1.82, 2.24) is 15.2 Å². The molecule has 2 rings (SSSR count).